The summed E-state index contributed by atoms with van der Waals surface area (Å²) in [5, 5.41) is 0. The standard InChI is InChI=1S/C9H12Br2N2O2/c10-6-1-7(11)3-8(2-6)15-9(4-12)5-14-13/h1-3,9H,4-5,12-13H2. The van der Waals surface area contributed by atoms with Crippen LogP contribution in [0, 0.1) is 0 Å². The van der Waals surface area contributed by atoms with E-state index < -0.39 is 0 Å². The number of ether oxygens (including phenoxy) is 1. The minimum atomic E-state index is -0.240. The third kappa shape index (κ3) is 4.48. The first-order valence-electron chi connectivity index (χ1n) is 4.30. The van der Waals surface area contributed by atoms with Gasteiger partial charge in [-0.3, -0.25) is 0 Å². The molecule has 0 saturated heterocycles. The van der Waals surface area contributed by atoms with Crippen LogP contribution in [0.2, 0.25) is 0 Å². The van der Waals surface area contributed by atoms with Gasteiger partial charge in [0.2, 0.25) is 0 Å². The van der Waals surface area contributed by atoms with Gasteiger partial charge in [-0.2, -0.15) is 0 Å². The molecule has 0 fully saturated rings. The summed E-state index contributed by atoms with van der Waals surface area (Å²) >= 11 is 6.73. The molecular formula is C9H12Br2N2O2. The second-order valence-corrected chi connectivity index (χ2v) is 4.75. The van der Waals surface area contributed by atoms with Crippen LogP contribution >= 0.6 is 31.9 Å². The first-order chi connectivity index (χ1) is 7.15. The average molecular weight is 340 g/mol. The maximum atomic E-state index is 5.58. The van der Waals surface area contributed by atoms with Crippen molar-refractivity contribution in [1.82, 2.24) is 0 Å². The van der Waals surface area contributed by atoms with Crippen molar-refractivity contribution in [1.29, 1.82) is 0 Å². The maximum absolute atomic E-state index is 5.58. The Hall–Kier alpha value is -0.140. The van der Waals surface area contributed by atoms with Gasteiger partial charge in [-0.05, 0) is 18.2 Å². The van der Waals surface area contributed by atoms with Crippen molar-refractivity contribution in [2.24, 2.45) is 11.6 Å². The first kappa shape index (κ1) is 12.9. The second kappa shape index (κ2) is 6.44. The summed E-state index contributed by atoms with van der Waals surface area (Å²) < 4.78 is 7.43. The number of halogens is 2. The summed E-state index contributed by atoms with van der Waals surface area (Å²) in [4.78, 5) is 4.50. The molecule has 0 radical (unpaired) electrons. The molecule has 0 spiro atoms. The molecule has 4 nitrogen and oxygen atoms in total. The molecule has 0 amide bonds. The van der Waals surface area contributed by atoms with Crippen LogP contribution in [0.3, 0.4) is 0 Å². The van der Waals surface area contributed by atoms with E-state index >= 15 is 0 Å². The summed E-state index contributed by atoms with van der Waals surface area (Å²) in [6, 6.07) is 5.62. The second-order valence-electron chi connectivity index (χ2n) is 2.91. The Morgan fingerprint density at radius 2 is 1.80 bits per heavy atom. The lowest BCUT2D eigenvalue weighted by molar-refractivity contribution is 0.0542. The van der Waals surface area contributed by atoms with Crippen molar-refractivity contribution in [3.05, 3.63) is 27.1 Å². The molecule has 6 heteroatoms. The SMILES string of the molecule is NCC(CON)Oc1cc(Br)cc(Br)c1. The molecule has 0 heterocycles. The number of hydrogen-bond acceptors (Lipinski definition) is 4. The van der Waals surface area contributed by atoms with Crippen LogP contribution in [-0.4, -0.2) is 19.3 Å². The Kier molecular flexibility index (Phi) is 5.55. The van der Waals surface area contributed by atoms with Gasteiger partial charge in [0, 0.05) is 15.5 Å². The molecule has 1 rings (SSSR count). The molecule has 1 aromatic carbocycles. The predicted molar refractivity (Wildman–Crippen MR) is 65.5 cm³/mol. The molecule has 1 atom stereocenters. The number of rotatable bonds is 5. The molecule has 84 valence electrons. The normalized spacial score (nSPS) is 12.5. The zero-order chi connectivity index (χ0) is 11.3. The monoisotopic (exact) mass is 338 g/mol. The van der Waals surface area contributed by atoms with E-state index in [4.69, 9.17) is 16.4 Å². The number of hydrogen-bond donors (Lipinski definition) is 2. The molecule has 4 N–H and O–H groups in total. The lowest BCUT2D eigenvalue weighted by Gasteiger charge is -2.16. The van der Waals surface area contributed by atoms with Crippen LogP contribution in [0.5, 0.6) is 5.75 Å². The van der Waals surface area contributed by atoms with Crippen LogP contribution in [0.15, 0.2) is 27.1 Å². The molecule has 0 saturated carbocycles. The minimum absolute atomic E-state index is 0.240. The van der Waals surface area contributed by atoms with E-state index in [2.05, 4.69) is 36.7 Å². The van der Waals surface area contributed by atoms with Crippen molar-refractivity contribution in [2.75, 3.05) is 13.2 Å². The summed E-state index contributed by atoms with van der Waals surface area (Å²) in [6.07, 6.45) is -0.240. The highest BCUT2D eigenvalue weighted by Crippen LogP contribution is 2.25. The first-order valence-corrected chi connectivity index (χ1v) is 5.88. The van der Waals surface area contributed by atoms with Gasteiger partial charge < -0.3 is 15.3 Å². The van der Waals surface area contributed by atoms with Crippen molar-refractivity contribution in [3.8, 4) is 5.75 Å². The molecule has 0 aromatic heterocycles. The van der Waals surface area contributed by atoms with Gasteiger partial charge in [-0.25, -0.2) is 5.90 Å². The van der Waals surface area contributed by atoms with Gasteiger partial charge >= 0.3 is 0 Å². The molecule has 0 aliphatic rings. The van der Waals surface area contributed by atoms with Gasteiger partial charge in [0.15, 0.2) is 0 Å². The topological polar surface area (TPSA) is 70.5 Å². The lowest BCUT2D eigenvalue weighted by Crippen LogP contribution is -2.32. The fraction of sp³-hybridized carbons (Fsp3) is 0.333. The summed E-state index contributed by atoms with van der Waals surface area (Å²) in [6.45, 7) is 0.613. The zero-order valence-corrected chi connectivity index (χ0v) is 11.1. The average Bonchev–Trinajstić information content (AvgIpc) is 2.15. The summed E-state index contributed by atoms with van der Waals surface area (Å²) in [5.74, 6) is 5.68. The van der Waals surface area contributed by atoms with Gasteiger partial charge in [0.1, 0.15) is 18.5 Å². The highest BCUT2D eigenvalue weighted by atomic mass is 79.9. The highest BCUT2D eigenvalue weighted by molar-refractivity contribution is 9.11. The molecule has 0 bridgehead atoms. The molecule has 0 aliphatic carbocycles. The Balaban J connectivity index is 2.69. The Bertz CT molecular complexity index is 303. The van der Waals surface area contributed by atoms with E-state index in [9.17, 15) is 0 Å². The lowest BCUT2D eigenvalue weighted by atomic mass is 10.3. The zero-order valence-electron chi connectivity index (χ0n) is 7.95. The van der Waals surface area contributed by atoms with Crippen molar-refractivity contribution in [2.45, 2.75) is 6.10 Å². The van der Waals surface area contributed by atoms with E-state index in [1.165, 1.54) is 0 Å². The van der Waals surface area contributed by atoms with E-state index in [0.29, 0.717) is 12.3 Å². The third-order valence-electron chi connectivity index (χ3n) is 1.68. The Morgan fingerprint density at radius 3 is 2.27 bits per heavy atom. The van der Waals surface area contributed by atoms with Crippen molar-refractivity contribution >= 4 is 31.9 Å². The number of benzene rings is 1. The van der Waals surface area contributed by atoms with Gasteiger partial charge in [-0.15, -0.1) is 0 Å². The maximum Gasteiger partial charge on any atom is 0.136 e. The third-order valence-corrected chi connectivity index (χ3v) is 2.60. The van der Waals surface area contributed by atoms with Crippen LogP contribution < -0.4 is 16.4 Å². The smallest absolute Gasteiger partial charge is 0.136 e. The van der Waals surface area contributed by atoms with Gasteiger partial charge in [0.25, 0.3) is 0 Å². The molecule has 1 unspecified atom stereocenters. The van der Waals surface area contributed by atoms with Crippen LogP contribution in [0.1, 0.15) is 0 Å². The summed E-state index contributed by atoms with van der Waals surface area (Å²) in [7, 11) is 0. The Labute approximate surface area is 105 Å². The fourth-order valence-electron chi connectivity index (χ4n) is 1.05. The van der Waals surface area contributed by atoms with E-state index in [1.807, 2.05) is 18.2 Å². The predicted octanol–water partition coefficient (Wildman–Crippen LogP) is 1.81. The highest BCUT2D eigenvalue weighted by Gasteiger charge is 2.09. The van der Waals surface area contributed by atoms with Gasteiger partial charge in [0.05, 0.1) is 0 Å². The molecular weight excluding hydrogens is 328 g/mol. The van der Waals surface area contributed by atoms with Crippen LogP contribution in [0.4, 0.5) is 0 Å². The molecule has 1 aromatic rings. The van der Waals surface area contributed by atoms with Crippen molar-refractivity contribution in [3.63, 3.8) is 0 Å². The molecule has 15 heavy (non-hydrogen) atoms. The van der Waals surface area contributed by atoms with Crippen LogP contribution in [-0.2, 0) is 4.84 Å². The van der Waals surface area contributed by atoms with Crippen molar-refractivity contribution < 1.29 is 9.57 Å². The molecule has 0 aliphatic heterocycles. The minimum Gasteiger partial charge on any atom is -0.487 e. The van der Waals surface area contributed by atoms with Crippen LogP contribution in [0.25, 0.3) is 0 Å². The van der Waals surface area contributed by atoms with E-state index in [-0.39, 0.29) is 12.7 Å². The Morgan fingerprint density at radius 1 is 1.20 bits per heavy atom. The summed E-state index contributed by atoms with van der Waals surface area (Å²) in [5.41, 5.74) is 5.50. The fourth-order valence-corrected chi connectivity index (χ4v) is 2.30. The quantitative estimate of drug-likeness (QED) is 0.802. The van der Waals surface area contributed by atoms with E-state index in [1.54, 1.807) is 0 Å². The van der Waals surface area contributed by atoms with Gasteiger partial charge in [-0.1, -0.05) is 31.9 Å². The number of nitrogens with two attached hydrogens (primary N) is 2. The van der Waals surface area contributed by atoms with E-state index in [0.717, 1.165) is 8.95 Å². The largest absolute Gasteiger partial charge is 0.487 e.